The summed E-state index contributed by atoms with van der Waals surface area (Å²) in [6.45, 7) is 3.93. The molecule has 1 N–H and O–H groups in total. The Morgan fingerprint density at radius 1 is 1.00 bits per heavy atom. The molecule has 0 radical (unpaired) electrons. The number of rotatable bonds is 6. The highest BCUT2D eigenvalue weighted by atomic mass is 35.5. The second-order valence-electron chi connectivity index (χ2n) is 6.47. The summed E-state index contributed by atoms with van der Waals surface area (Å²) in [6, 6.07) is 20.1. The Hall–Kier alpha value is -2.83. The van der Waals surface area contributed by atoms with E-state index in [-0.39, 0.29) is 17.0 Å². The van der Waals surface area contributed by atoms with Gasteiger partial charge in [-0.05, 0) is 61.9 Å². The van der Waals surface area contributed by atoms with Crippen LogP contribution in [0.2, 0.25) is 5.02 Å². The number of anilines is 2. The summed E-state index contributed by atoms with van der Waals surface area (Å²) in [4.78, 5) is 12.7. The van der Waals surface area contributed by atoms with Crippen molar-refractivity contribution in [3.63, 3.8) is 0 Å². The van der Waals surface area contributed by atoms with Crippen molar-refractivity contribution in [2.45, 2.75) is 18.7 Å². The quantitative estimate of drug-likeness (QED) is 0.592. The molecular weight excluding hydrogens is 408 g/mol. The van der Waals surface area contributed by atoms with Gasteiger partial charge in [0.05, 0.1) is 21.3 Å². The summed E-state index contributed by atoms with van der Waals surface area (Å²) in [6.07, 6.45) is 0. The van der Waals surface area contributed by atoms with Crippen LogP contribution in [0.15, 0.2) is 77.7 Å². The Kier molecular flexibility index (Phi) is 6.25. The molecule has 0 atom stereocenters. The van der Waals surface area contributed by atoms with Crippen LogP contribution >= 0.6 is 11.6 Å². The molecule has 29 heavy (non-hydrogen) atoms. The van der Waals surface area contributed by atoms with Crippen molar-refractivity contribution >= 4 is 38.9 Å². The summed E-state index contributed by atoms with van der Waals surface area (Å²) >= 11 is 6.18. The van der Waals surface area contributed by atoms with E-state index < -0.39 is 15.9 Å². The smallest absolute Gasteiger partial charge is 0.264 e. The van der Waals surface area contributed by atoms with Gasteiger partial charge in [-0.25, -0.2) is 8.42 Å². The average Bonchev–Trinajstić information content (AvgIpc) is 2.71. The molecule has 0 aromatic heterocycles. The fourth-order valence-electron chi connectivity index (χ4n) is 2.93. The minimum atomic E-state index is -3.82. The van der Waals surface area contributed by atoms with Crippen molar-refractivity contribution in [1.29, 1.82) is 0 Å². The second kappa shape index (κ2) is 8.68. The van der Waals surface area contributed by atoms with Crippen molar-refractivity contribution in [2.24, 2.45) is 0 Å². The standard InChI is InChI=1S/C22H21ClN2O3S/c1-3-25(18-9-5-4-6-10-18)29(27,28)19-11-7-8-17(15-19)22(26)24-21-13-12-16(2)14-20(21)23/h4-15H,3H2,1-2H3,(H,24,26). The first-order valence-electron chi connectivity index (χ1n) is 9.08. The molecule has 3 aromatic rings. The lowest BCUT2D eigenvalue weighted by atomic mass is 10.2. The van der Waals surface area contributed by atoms with E-state index >= 15 is 0 Å². The third-order valence-corrected chi connectivity index (χ3v) is 6.60. The van der Waals surface area contributed by atoms with Crippen molar-refractivity contribution < 1.29 is 13.2 Å². The van der Waals surface area contributed by atoms with Gasteiger partial charge in [-0.15, -0.1) is 0 Å². The molecule has 0 unspecified atom stereocenters. The van der Waals surface area contributed by atoms with Crippen LogP contribution in [0.4, 0.5) is 11.4 Å². The lowest BCUT2D eigenvalue weighted by Gasteiger charge is -2.23. The molecule has 0 aliphatic carbocycles. The van der Waals surface area contributed by atoms with E-state index in [1.807, 2.05) is 19.1 Å². The SMILES string of the molecule is CCN(c1ccccc1)S(=O)(=O)c1cccc(C(=O)Nc2ccc(C)cc2Cl)c1. The van der Waals surface area contributed by atoms with Crippen LogP contribution in [-0.2, 0) is 10.0 Å². The molecular formula is C22H21ClN2O3S. The largest absolute Gasteiger partial charge is 0.321 e. The number of hydrogen-bond donors (Lipinski definition) is 1. The zero-order valence-electron chi connectivity index (χ0n) is 16.1. The predicted molar refractivity (Wildman–Crippen MR) is 117 cm³/mol. The molecule has 3 rings (SSSR count). The highest BCUT2D eigenvalue weighted by Crippen LogP contribution is 2.26. The molecule has 0 aliphatic heterocycles. The van der Waals surface area contributed by atoms with E-state index in [1.54, 1.807) is 55.5 Å². The molecule has 0 fully saturated rings. The number of benzene rings is 3. The molecule has 0 saturated carbocycles. The second-order valence-corrected chi connectivity index (χ2v) is 8.74. The van der Waals surface area contributed by atoms with Crippen LogP contribution in [0.5, 0.6) is 0 Å². The van der Waals surface area contributed by atoms with Gasteiger partial charge in [-0.3, -0.25) is 9.10 Å². The molecule has 0 aliphatic rings. The number of carbonyl (C=O) groups is 1. The normalized spacial score (nSPS) is 11.1. The first kappa shape index (κ1) is 20.9. The van der Waals surface area contributed by atoms with E-state index in [9.17, 15) is 13.2 Å². The molecule has 7 heteroatoms. The molecule has 150 valence electrons. The molecule has 5 nitrogen and oxygen atoms in total. The Balaban J connectivity index is 1.91. The monoisotopic (exact) mass is 428 g/mol. The van der Waals surface area contributed by atoms with Gasteiger partial charge < -0.3 is 5.32 Å². The van der Waals surface area contributed by atoms with Crippen molar-refractivity contribution in [1.82, 2.24) is 0 Å². The Bertz CT molecular complexity index is 1130. The minimum Gasteiger partial charge on any atom is -0.321 e. The fraction of sp³-hybridized carbons (Fsp3) is 0.136. The third-order valence-electron chi connectivity index (χ3n) is 4.39. The van der Waals surface area contributed by atoms with Crippen molar-refractivity contribution in [3.05, 3.63) is 88.9 Å². The topological polar surface area (TPSA) is 66.5 Å². The fourth-order valence-corrected chi connectivity index (χ4v) is 4.73. The molecule has 3 aromatic carbocycles. The van der Waals surface area contributed by atoms with Crippen molar-refractivity contribution in [2.75, 3.05) is 16.2 Å². The Morgan fingerprint density at radius 2 is 1.72 bits per heavy atom. The maximum Gasteiger partial charge on any atom is 0.264 e. The molecule has 0 bridgehead atoms. The summed E-state index contributed by atoms with van der Waals surface area (Å²) < 4.78 is 27.6. The van der Waals surface area contributed by atoms with Gasteiger partial charge >= 0.3 is 0 Å². The van der Waals surface area contributed by atoms with Gasteiger partial charge in [-0.2, -0.15) is 0 Å². The zero-order chi connectivity index (χ0) is 21.0. The van der Waals surface area contributed by atoms with Crippen molar-refractivity contribution in [3.8, 4) is 0 Å². The zero-order valence-corrected chi connectivity index (χ0v) is 17.7. The number of halogens is 1. The Labute approximate surface area is 176 Å². The summed E-state index contributed by atoms with van der Waals surface area (Å²) in [7, 11) is -3.82. The van der Waals surface area contributed by atoms with Gasteiger partial charge in [-0.1, -0.05) is 41.9 Å². The number of hydrogen-bond acceptors (Lipinski definition) is 3. The van der Waals surface area contributed by atoms with E-state index in [0.29, 0.717) is 16.4 Å². The van der Waals surface area contributed by atoms with Gasteiger partial charge in [0.1, 0.15) is 0 Å². The highest BCUT2D eigenvalue weighted by molar-refractivity contribution is 7.92. The first-order valence-corrected chi connectivity index (χ1v) is 10.9. The van der Waals surface area contributed by atoms with Crippen LogP contribution in [0.1, 0.15) is 22.8 Å². The highest BCUT2D eigenvalue weighted by Gasteiger charge is 2.24. The van der Waals surface area contributed by atoms with Crippen LogP contribution in [-0.4, -0.2) is 20.9 Å². The number of sulfonamides is 1. The average molecular weight is 429 g/mol. The number of aryl methyl sites for hydroxylation is 1. The molecule has 0 saturated heterocycles. The van der Waals surface area contributed by atoms with E-state index in [1.165, 1.54) is 16.4 Å². The lowest BCUT2D eigenvalue weighted by Crippen LogP contribution is -2.31. The van der Waals surface area contributed by atoms with Gasteiger partial charge in [0.2, 0.25) is 0 Å². The third kappa shape index (κ3) is 4.60. The van der Waals surface area contributed by atoms with Crippen LogP contribution in [0.25, 0.3) is 0 Å². The Morgan fingerprint density at radius 3 is 2.38 bits per heavy atom. The van der Waals surface area contributed by atoms with E-state index in [2.05, 4.69) is 5.32 Å². The van der Waals surface area contributed by atoms with E-state index in [0.717, 1.165) is 5.56 Å². The summed E-state index contributed by atoms with van der Waals surface area (Å²) in [5, 5.41) is 3.15. The van der Waals surface area contributed by atoms with Gasteiger partial charge in [0.25, 0.3) is 15.9 Å². The summed E-state index contributed by atoms with van der Waals surface area (Å²) in [5.74, 6) is -0.435. The maximum atomic E-state index is 13.2. The molecule has 1 amide bonds. The summed E-state index contributed by atoms with van der Waals surface area (Å²) in [5.41, 5.74) is 2.24. The number of nitrogens with zero attached hydrogens (tertiary/aromatic N) is 1. The molecule has 0 spiro atoms. The van der Waals surface area contributed by atoms with Crippen LogP contribution in [0, 0.1) is 6.92 Å². The maximum absolute atomic E-state index is 13.2. The predicted octanol–water partition coefficient (Wildman–Crippen LogP) is 5.12. The number of amides is 1. The minimum absolute atomic E-state index is 0.0471. The molecule has 0 heterocycles. The first-order chi connectivity index (χ1) is 13.8. The van der Waals surface area contributed by atoms with Crippen LogP contribution in [0.3, 0.4) is 0 Å². The van der Waals surface area contributed by atoms with Crippen LogP contribution < -0.4 is 9.62 Å². The number of para-hydroxylation sites is 1. The van der Waals surface area contributed by atoms with Gasteiger partial charge in [0.15, 0.2) is 0 Å². The lowest BCUT2D eigenvalue weighted by molar-refractivity contribution is 0.102. The van der Waals surface area contributed by atoms with E-state index in [4.69, 9.17) is 11.6 Å². The number of carbonyl (C=O) groups excluding carboxylic acids is 1. The van der Waals surface area contributed by atoms with Gasteiger partial charge in [0, 0.05) is 12.1 Å². The number of nitrogens with one attached hydrogen (secondary N) is 1.